The molecule has 1 aliphatic rings. The Morgan fingerprint density at radius 1 is 1.00 bits per heavy atom. The number of carbonyl (C=O) groups is 3. The summed E-state index contributed by atoms with van der Waals surface area (Å²) in [7, 11) is 1.43. The van der Waals surface area contributed by atoms with Crippen LogP contribution in [0.5, 0.6) is 5.75 Å². The molecular formula is C17H20Cl2N2O4. The maximum absolute atomic E-state index is 12.8. The number of hydrogen-bond acceptors (Lipinski definition) is 4. The Hall–Kier alpha value is -1.79. The molecule has 1 fully saturated rings. The molecule has 1 heterocycles. The second-order valence-electron chi connectivity index (χ2n) is 5.81. The van der Waals surface area contributed by atoms with Crippen molar-refractivity contribution in [3.63, 3.8) is 0 Å². The van der Waals surface area contributed by atoms with Crippen LogP contribution in [0.4, 0.5) is 0 Å². The van der Waals surface area contributed by atoms with Gasteiger partial charge in [0.05, 0.1) is 17.2 Å². The lowest BCUT2D eigenvalue weighted by atomic mass is 10.1. The first kappa shape index (κ1) is 19.5. The van der Waals surface area contributed by atoms with E-state index in [1.165, 1.54) is 14.0 Å². The SMILES string of the molecule is COc1c(Cl)ccc(Cl)c1C(=O)N1CCN(C(=O)CCC(C)=O)CC1. The van der Waals surface area contributed by atoms with Gasteiger partial charge >= 0.3 is 0 Å². The molecule has 0 N–H and O–H groups in total. The van der Waals surface area contributed by atoms with E-state index in [0.29, 0.717) is 31.2 Å². The number of ketones is 1. The van der Waals surface area contributed by atoms with Crippen LogP contribution in [0.3, 0.4) is 0 Å². The molecule has 0 unspecified atom stereocenters. The number of ether oxygens (including phenoxy) is 1. The molecule has 0 saturated carbocycles. The molecule has 8 heteroatoms. The van der Waals surface area contributed by atoms with Gasteiger partial charge in [0, 0.05) is 39.0 Å². The van der Waals surface area contributed by atoms with Gasteiger partial charge in [-0.2, -0.15) is 0 Å². The zero-order valence-corrected chi connectivity index (χ0v) is 15.7. The number of benzene rings is 1. The number of nitrogens with zero attached hydrogens (tertiary/aromatic N) is 2. The van der Waals surface area contributed by atoms with Crippen LogP contribution in [0.15, 0.2) is 12.1 Å². The summed E-state index contributed by atoms with van der Waals surface area (Å²) in [4.78, 5) is 39.1. The van der Waals surface area contributed by atoms with Gasteiger partial charge in [0.1, 0.15) is 11.3 Å². The van der Waals surface area contributed by atoms with Crippen LogP contribution in [0.25, 0.3) is 0 Å². The molecule has 6 nitrogen and oxygen atoms in total. The Morgan fingerprint density at radius 2 is 1.56 bits per heavy atom. The molecule has 136 valence electrons. The molecule has 0 aliphatic carbocycles. The van der Waals surface area contributed by atoms with Crippen LogP contribution < -0.4 is 4.74 Å². The van der Waals surface area contributed by atoms with E-state index in [9.17, 15) is 14.4 Å². The van der Waals surface area contributed by atoms with Gasteiger partial charge in [-0.1, -0.05) is 23.2 Å². The predicted octanol–water partition coefficient (Wildman–Crippen LogP) is 2.66. The molecule has 0 spiro atoms. The molecule has 2 amide bonds. The summed E-state index contributed by atoms with van der Waals surface area (Å²) in [6.45, 7) is 3.07. The summed E-state index contributed by atoms with van der Waals surface area (Å²) in [5.41, 5.74) is 0.230. The van der Waals surface area contributed by atoms with Crippen LogP contribution in [0.2, 0.25) is 10.0 Å². The average Bonchev–Trinajstić information content (AvgIpc) is 2.60. The van der Waals surface area contributed by atoms with Crippen molar-refractivity contribution in [2.24, 2.45) is 0 Å². The molecule has 1 saturated heterocycles. The van der Waals surface area contributed by atoms with Gasteiger partial charge in [-0.3, -0.25) is 9.59 Å². The molecule has 1 aromatic carbocycles. The van der Waals surface area contributed by atoms with Gasteiger partial charge in [-0.15, -0.1) is 0 Å². The molecule has 0 bridgehead atoms. The van der Waals surface area contributed by atoms with E-state index in [4.69, 9.17) is 27.9 Å². The first-order valence-electron chi connectivity index (χ1n) is 7.93. The van der Waals surface area contributed by atoms with Crippen molar-refractivity contribution in [1.29, 1.82) is 0 Å². The van der Waals surface area contributed by atoms with Crippen molar-refractivity contribution in [1.82, 2.24) is 9.80 Å². The number of piperazine rings is 1. The zero-order chi connectivity index (χ0) is 18.6. The molecule has 25 heavy (non-hydrogen) atoms. The smallest absolute Gasteiger partial charge is 0.259 e. The fraction of sp³-hybridized carbons (Fsp3) is 0.471. The zero-order valence-electron chi connectivity index (χ0n) is 14.2. The number of hydrogen-bond donors (Lipinski definition) is 0. The summed E-state index contributed by atoms with van der Waals surface area (Å²) in [6, 6.07) is 3.13. The second-order valence-corrected chi connectivity index (χ2v) is 6.63. The summed E-state index contributed by atoms with van der Waals surface area (Å²) >= 11 is 12.2. The highest BCUT2D eigenvalue weighted by molar-refractivity contribution is 6.37. The summed E-state index contributed by atoms with van der Waals surface area (Å²) < 4.78 is 5.22. The van der Waals surface area contributed by atoms with Gasteiger partial charge in [-0.25, -0.2) is 0 Å². The third-order valence-corrected chi connectivity index (χ3v) is 4.70. The predicted molar refractivity (Wildman–Crippen MR) is 95.4 cm³/mol. The van der Waals surface area contributed by atoms with E-state index in [0.717, 1.165) is 0 Å². The van der Waals surface area contributed by atoms with Crippen molar-refractivity contribution in [2.45, 2.75) is 19.8 Å². The molecule has 0 aromatic heterocycles. The highest BCUT2D eigenvalue weighted by Gasteiger charge is 2.28. The lowest BCUT2D eigenvalue weighted by molar-refractivity contribution is -0.134. The van der Waals surface area contributed by atoms with Crippen LogP contribution >= 0.6 is 23.2 Å². The maximum Gasteiger partial charge on any atom is 0.259 e. The van der Waals surface area contributed by atoms with Crippen molar-refractivity contribution < 1.29 is 19.1 Å². The maximum atomic E-state index is 12.8. The van der Waals surface area contributed by atoms with E-state index >= 15 is 0 Å². The Bertz CT molecular complexity index is 685. The monoisotopic (exact) mass is 386 g/mol. The second kappa shape index (κ2) is 8.54. The fourth-order valence-corrected chi connectivity index (χ4v) is 3.15. The number of methoxy groups -OCH3 is 1. The number of carbonyl (C=O) groups excluding carboxylic acids is 3. The van der Waals surface area contributed by atoms with Crippen molar-refractivity contribution in [2.75, 3.05) is 33.3 Å². The highest BCUT2D eigenvalue weighted by atomic mass is 35.5. The van der Waals surface area contributed by atoms with Crippen LogP contribution in [-0.4, -0.2) is 60.7 Å². The largest absolute Gasteiger partial charge is 0.494 e. The minimum atomic E-state index is -0.278. The van der Waals surface area contributed by atoms with Crippen LogP contribution in [0, 0.1) is 0 Å². The standard InChI is InChI=1S/C17H20Cl2N2O4/c1-11(22)3-6-14(23)20-7-9-21(10-8-20)17(24)15-12(18)4-5-13(19)16(15)25-2/h4-5H,3,6-10H2,1-2H3. The average molecular weight is 387 g/mol. The minimum absolute atomic E-state index is 0.00939. The number of Topliss-reactive ketones (excluding diaryl/α,β-unsaturated/α-hetero) is 1. The third-order valence-electron chi connectivity index (χ3n) is 4.09. The summed E-state index contributed by atoms with van der Waals surface area (Å²) in [5, 5.41) is 0.583. The first-order valence-corrected chi connectivity index (χ1v) is 8.69. The molecule has 0 radical (unpaired) electrons. The van der Waals surface area contributed by atoms with Gasteiger partial charge in [-0.05, 0) is 19.1 Å². The molecule has 0 atom stereocenters. The van der Waals surface area contributed by atoms with Gasteiger partial charge in [0.2, 0.25) is 5.91 Å². The Morgan fingerprint density at radius 3 is 2.12 bits per heavy atom. The number of rotatable bonds is 5. The summed E-state index contributed by atoms with van der Waals surface area (Å²) in [6.07, 6.45) is 0.449. The highest BCUT2D eigenvalue weighted by Crippen LogP contribution is 2.34. The fourth-order valence-electron chi connectivity index (χ4n) is 2.69. The van der Waals surface area contributed by atoms with E-state index in [1.54, 1.807) is 21.9 Å². The van der Waals surface area contributed by atoms with E-state index in [2.05, 4.69) is 0 Å². The van der Waals surface area contributed by atoms with Gasteiger partial charge < -0.3 is 19.3 Å². The quantitative estimate of drug-likeness (QED) is 0.779. The number of halogens is 2. The lowest BCUT2D eigenvalue weighted by Crippen LogP contribution is -2.50. The lowest BCUT2D eigenvalue weighted by Gasteiger charge is -2.35. The molecule has 1 aromatic rings. The normalized spacial score (nSPS) is 14.4. The Balaban J connectivity index is 2.04. The summed E-state index contributed by atoms with van der Waals surface area (Å²) in [5.74, 6) is -0.107. The van der Waals surface area contributed by atoms with E-state index in [1.807, 2.05) is 0 Å². The minimum Gasteiger partial charge on any atom is -0.494 e. The van der Waals surface area contributed by atoms with Gasteiger partial charge in [0.15, 0.2) is 5.75 Å². The molecule has 1 aliphatic heterocycles. The van der Waals surface area contributed by atoms with Crippen molar-refractivity contribution in [3.05, 3.63) is 27.7 Å². The third kappa shape index (κ3) is 4.64. The van der Waals surface area contributed by atoms with Gasteiger partial charge in [0.25, 0.3) is 5.91 Å². The first-order chi connectivity index (χ1) is 11.8. The van der Waals surface area contributed by atoms with Crippen molar-refractivity contribution >= 4 is 40.8 Å². The number of amides is 2. The Labute approximate surface area is 156 Å². The van der Waals surface area contributed by atoms with Crippen molar-refractivity contribution in [3.8, 4) is 5.75 Å². The van der Waals surface area contributed by atoms with E-state index in [-0.39, 0.29) is 46.8 Å². The molecular weight excluding hydrogens is 367 g/mol. The van der Waals surface area contributed by atoms with Crippen LogP contribution in [-0.2, 0) is 9.59 Å². The van der Waals surface area contributed by atoms with E-state index < -0.39 is 0 Å². The molecule has 2 rings (SSSR count). The topological polar surface area (TPSA) is 66.9 Å². The Kier molecular flexibility index (Phi) is 6.67. The van der Waals surface area contributed by atoms with Crippen LogP contribution in [0.1, 0.15) is 30.1 Å².